The van der Waals surface area contributed by atoms with Crippen LogP contribution in [0.3, 0.4) is 0 Å². The molecule has 0 spiro atoms. The second kappa shape index (κ2) is 8.95. The fraction of sp³-hybridized carbons (Fsp3) is 0.214. The van der Waals surface area contributed by atoms with Crippen molar-refractivity contribution in [2.24, 2.45) is 0 Å². The zero-order valence-corrected chi connectivity index (χ0v) is 20.9. The van der Waals surface area contributed by atoms with Crippen LogP contribution in [0.15, 0.2) is 82.7 Å². The minimum atomic E-state index is -0.387. The average molecular weight is 496 g/mol. The molecule has 36 heavy (non-hydrogen) atoms. The van der Waals surface area contributed by atoms with Crippen molar-refractivity contribution in [1.82, 2.24) is 19.2 Å². The number of anilines is 1. The summed E-state index contributed by atoms with van der Waals surface area (Å²) >= 11 is 1.37. The molecule has 2 aromatic heterocycles. The number of hydrogen-bond acceptors (Lipinski definition) is 5. The van der Waals surface area contributed by atoms with Gasteiger partial charge in [0.05, 0.1) is 21.8 Å². The molecule has 6 rings (SSSR count). The number of hydrogen-bond donors (Lipinski definition) is 0. The summed E-state index contributed by atoms with van der Waals surface area (Å²) in [6.45, 7) is 4.62. The van der Waals surface area contributed by atoms with Gasteiger partial charge in [0.25, 0.3) is 5.56 Å². The fourth-order valence-corrected chi connectivity index (χ4v) is 5.79. The molecule has 0 bridgehead atoms. The van der Waals surface area contributed by atoms with Crippen molar-refractivity contribution in [2.45, 2.75) is 37.1 Å². The van der Waals surface area contributed by atoms with E-state index in [1.165, 1.54) is 17.3 Å². The SMILES string of the molecule is Cc1ccc(-n2c(=O)c3ccccc3n3c(SC(C)C(=O)N4CCCc5ccccc54)nnc23)cc1. The fourth-order valence-electron chi connectivity index (χ4n) is 4.87. The van der Waals surface area contributed by atoms with E-state index >= 15 is 0 Å². The quantitative estimate of drug-likeness (QED) is 0.335. The highest BCUT2D eigenvalue weighted by molar-refractivity contribution is 8.00. The molecule has 0 saturated carbocycles. The lowest BCUT2D eigenvalue weighted by Crippen LogP contribution is -2.40. The first-order valence-corrected chi connectivity index (χ1v) is 12.9. The van der Waals surface area contributed by atoms with Crippen molar-refractivity contribution >= 4 is 40.0 Å². The molecule has 1 aliphatic rings. The first kappa shape index (κ1) is 22.5. The Labute approximate surface area is 212 Å². The van der Waals surface area contributed by atoms with Gasteiger partial charge in [0.1, 0.15) is 0 Å². The van der Waals surface area contributed by atoms with Crippen LogP contribution in [-0.2, 0) is 11.2 Å². The molecular formula is C28H25N5O2S. The summed E-state index contributed by atoms with van der Waals surface area (Å²) < 4.78 is 3.47. The minimum Gasteiger partial charge on any atom is -0.311 e. The van der Waals surface area contributed by atoms with E-state index in [0.29, 0.717) is 22.9 Å². The van der Waals surface area contributed by atoms with Crippen LogP contribution in [0.5, 0.6) is 0 Å². The smallest absolute Gasteiger partial charge is 0.267 e. The standard InChI is InChI=1S/C28H25N5O2S/c1-18-13-15-21(16-14-18)32-26(35)22-10-4-6-12-24(22)33-27(32)29-30-28(33)36-19(2)25(34)31-17-7-9-20-8-3-5-11-23(20)31/h3-6,8,10-16,19H,7,9,17H2,1-2H3. The van der Waals surface area contributed by atoms with Gasteiger partial charge in [-0.05, 0) is 62.6 Å². The van der Waals surface area contributed by atoms with Crippen molar-refractivity contribution in [3.05, 3.63) is 94.3 Å². The zero-order valence-electron chi connectivity index (χ0n) is 20.1. The van der Waals surface area contributed by atoms with Crippen LogP contribution >= 0.6 is 11.8 Å². The van der Waals surface area contributed by atoms with Crippen LogP contribution in [-0.4, -0.2) is 36.9 Å². The topological polar surface area (TPSA) is 72.5 Å². The largest absolute Gasteiger partial charge is 0.311 e. The number of amides is 1. The van der Waals surface area contributed by atoms with E-state index in [9.17, 15) is 9.59 Å². The van der Waals surface area contributed by atoms with Gasteiger partial charge in [0.2, 0.25) is 11.7 Å². The summed E-state index contributed by atoms with van der Waals surface area (Å²) in [7, 11) is 0. The van der Waals surface area contributed by atoms with Crippen molar-refractivity contribution in [2.75, 3.05) is 11.4 Å². The van der Waals surface area contributed by atoms with Crippen LogP contribution < -0.4 is 10.5 Å². The summed E-state index contributed by atoms with van der Waals surface area (Å²) in [5, 5.41) is 9.62. The number of nitrogens with zero attached hydrogens (tertiary/aromatic N) is 5. The Hall–Kier alpha value is -3.91. The van der Waals surface area contributed by atoms with Crippen LogP contribution in [0.1, 0.15) is 24.5 Å². The molecule has 1 atom stereocenters. The number of para-hydroxylation sites is 2. The van der Waals surface area contributed by atoms with Crippen LogP contribution in [0, 0.1) is 6.92 Å². The third kappa shape index (κ3) is 3.69. The molecule has 1 amide bonds. The highest BCUT2D eigenvalue weighted by atomic mass is 32.2. The highest BCUT2D eigenvalue weighted by Gasteiger charge is 2.28. The number of aromatic nitrogens is 4. The molecular weight excluding hydrogens is 470 g/mol. The van der Waals surface area contributed by atoms with Gasteiger partial charge in [0, 0.05) is 12.2 Å². The van der Waals surface area contributed by atoms with Gasteiger partial charge in [0.15, 0.2) is 5.16 Å². The Bertz CT molecular complexity index is 1670. The molecule has 1 aliphatic heterocycles. The monoisotopic (exact) mass is 495 g/mol. The summed E-state index contributed by atoms with van der Waals surface area (Å²) in [5.74, 6) is 0.466. The van der Waals surface area contributed by atoms with Gasteiger partial charge in [-0.3, -0.25) is 14.0 Å². The molecule has 3 heterocycles. The number of carbonyl (C=O) groups excluding carboxylic acids is 1. The number of rotatable bonds is 4. The zero-order chi connectivity index (χ0) is 24.8. The maximum atomic E-state index is 13.6. The van der Waals surface area contributed by atoms with Crippen molar-refractivity contribution < 1.29 is 4.79 Å². The molecule has 0 aliphatic carbocycles. The van der Waals surface area contributed by atoms with Gasteiger partial charge in [-0.25, -0.2) is 4.57 Å². The van der Waals surface area contributed by atoms with E-state index in [2.05, 4.69) is 16.3 Å². The molecule has 0 saturated heterocycles. The molecule has 8 heteroatoms. The van der Waals surface area contributed by atoms with E-state index in [-0.39, 0.29) is 16.7 Å². The first-order chi connectivity index (χ1) is 17.5. The number of carbonyl (C=O) groups is 1. The third-order valence-corrected chi connectivity index (χ3v) is 7.72. The maximum Gasteiger partial charge on any atom is 0.267 e. The highest BCUT2D eigenvalue weighted by Crippen LogP contribution is 2.31. The molecule has 0 radical (unpaired) electrons. The lowest BCUT2D eigenvalue weighted by molar-refractivity contribution is -0.117. The maximum absolute atomic E-state index is 13.6. The summed E-state index contributed by atoms with van der Waals surface area (Å²) in [6.07, 6.45) is 1.93. The van der Waals surface area contributed by atoms with Gasteiger partial charge in [-0.15, -0.1) is 10.2 Å². The van der Waals surface area contributed by atoms with Crippen LogP contribution in [0.4, 0.5) is 5.69 Å². The lowest BCUT2D eigenvalue weighted by atomic mass is 10.0. The van der Waals surface area contributed by atoms with Crippen molar-refractivity contribution in [3.8, 4) is 5.69 Å². The summed E-state index contributed by atoms with van der Waals surface area (Å²) in [5.41, 5.74) is 4.59. The Morgan fingerprint density at radius 2 is 1.72 bits per heavy atom. The van der Waals surface area contributed by atoms with Crippen LogP contribution in [0.25, 0.3) is 22.4 Å². The van der Waals surface area contributed by atoms with Crippen molar-refractivity contribution in [1.29, 1.82) is 0 Å². The van der Waals surface area contributed by atoms with Crippen LogP contribution in [0.2, 0.25) is 0 Å². The summed E-state index contributed by atoms with van der Waals surface area (Å²) in [6, 6.07) is 23.3. The number of fused-ring (bicyclic) bond motifs is 4. The number of aryl methyl sites for hydroxylation is 2. The van der Waals surface area contributed by atoms with Gasteiger partial charge in [-0.1, -0.05) is 59.8 Å². The van der Waals surface area contributed by atoms with E-state index in [0.717, 1.165) is 35.3 Å². The predicted octanol–water partition coefficient (Wildman–Crippen LogP) is 4.80. The molecule has 7 nitrogen and oxygen atoms in total. The van der Waals surface area contributed by atoms with E-state index in [1.54, 1.807) is 4.57 Å². The Balaban J connectivity index is 1.44. The third-order valence-electron chi connectivity index (χ3n) is 6.69. The molecule has 3 aromatic carbocycles. The Kier molecular flexibility index (Phi) is 5.60. The molecule has 0 fully saturated rings. The molecule has 0 N–H and O–H groups in total. The van der Waals surface area contributed by atoms with E-state index < -0.39 is 0 Å². The lowest BCUT2D eigenvalue weighted by Gasteiger charge is -2.31. The summed E-state index contributed by atoms with van der Waals surface area (Å²) in [4.78, 5) is 28.9. The van der Waals surface area contributed by atoms with Gasteiger partial charge < -0.3 is 4.90 Å². The number of thioether (sulfide) groups is 1. The second-order valence-corrected chi connectivity index (χ2v) is 10.4. The first-order valence-electron chi connectivity index (χ1n) is 12.0. The molecule has 5 aromatic rings. The molecule has 1 unspecified atom stereocenters. The van der Waals surface area contributed by atoms with Gasteiger partial charge >= 0.3 is 0 Å². The Morgan fingerprint density at radius 3 is 2.56 bits per heavy atom. The predicted molar refractivity (Wildman–Crippen MR) is 143 cm³/mol. The minimum absolute atomic E-state index is 0.0417. The second-order valence-electron chi connectivity index (χ2n) is 9.09. The average Bonchev–Trinajstić information content (AvgIpc) is 3.32. The normalized spacial score (nSPS) is 14.2. The van der Waals surface area contributed by atoms with E-state index in [1.807, 2.05) is 89.9 Å². The molecule has 180 valence electrons. The van der Waals surface area contributed by atoms with Gasteiger partial charge in [-0.2, -0.15) is 0 Å². The van der Waals surface area contributed by atoms with E-state index in [4.69, 9.17) is 0 Å². The number of benzene rings is 3. The van der Waals surface area contributed by atoms with Crippen molar-refractivity contribution in [3.63, 3.8) is 0 Å². The Morgan fingerprint density at radius 1 is 0.972 bits per heavy atom.